The van der Waals surface area contributed by atoms with E-state index in [1.54, 1.807) is 0 Å². The van der Waals surface area contributed by atoms with Crippen LogP contribution in [0.1, 0.15) is 278 Å². The SMILES string of the molecule is CC/C=C\C/C=C\C/C=C\C/C=C\C/C=C\CCCCCCCCCCCC(=O)OCC(COC(=O)CCCCCC/C=C\C/C=C\C/C=C\C/C=C\CC)OC(=O)CCCCCCCCCC/C=C\C/C=C\C/C=C\C/C=C\CC. The molecule has 0 aromatic carbocycles. The summed E-state index contributed by atoms with van der Waals surface area (Å²) in [5, 5.41) is 0. The van der Waals surface area contributed by atoms with Crippen LogP contribution in [-0.2, 0) is 28.6 Å². The molecule has 0 bridgehead atoms. The number of carbonyl (C=O) groups is 3. The molecule has 0 spiro atoms. The number of allylic oxidation sites excluding steroid dienone is 26. The van der Waals surface area contributed by atoms with E-state index >= 15 is 0 Å². The van der Waals surface area contributed by atoms with E-state index in [1.165, 1.54) is 70.6 Å². The fraction of sp³-hybridized carbons (Fsp3) is 0.613. The van der Waals surface area contributed by atoms with E-state index < -0.39 is 6.10 Å². The van der Waals surface area contributed by atoms with Crippen LogP contribution in [0, 0.1) is 0 Å². The van der Waals surface area contributed by atoms with E-state index in [9.17, 15) is 14.4 Å². The second-order valence-electron chi connectivity index (χ2n) is 21.2. The van der Waals surface area contributed by atoms with Crippen molar-refractivity contribution in [2.75, 3.05) is 13.2 Å². The molecule has 0 aliphatic heterocycles. The van der Waals surface area contributed by atoms with E-state index in [4.69, 9.17) is 14.2 Å². The van der Waals surface area contributed by atoms with Crippen LogP contribution >= 0.6 is 0 Å². The molecule has 0 saturated heterocycles. The Morgan fingerprint density at radius 1 is 0.247 bits per heavy atom. The average Bonchev–Trinajstić information content (AvgIpc) is 3.47. The lowest BCUT2D eigenvalue weighted by Gasteiger charge is -2.18. The maximum Gasteiger partial charge on any atom is 0.306 e. The number of hydrogen-bond acceptors (Lipinski definition) is 6. The average molecular weight is 1120 g/mol. The molecule has 0 rings (SSSR count). The highest BCUT2D eigenvalue weighted by molar-refractivity contribution is 5.71. The van der Waals surface area contributed by atoms with Gasteiger partial charge in [0.2, 0.25) is 0 Å². The van der Waals surface area contributed by atoms with Crippen molar-refractivity contribution in [3.05, 3.63) is 158 Å². The molecule has 0 aromatic rings. The third-order valence-corrected chi connectivity index (χ3v) is 13.5. The maximum atomic E-state index is 12.9. The molecule has 0 aliphatic carbocycles. The molecular weight excluding hydrogens is 997 g/mol. The summed E-state index contributed by atoms with van der Waals surface area (Å²) in [6, 6.07) is 0. The Balaban J connectivity index is 4.45. The first-order valence-electron chi connectivity index (χ1n) is 33.0. The minimum absolute atomic E-state index is 0.0987. The first-order chi connectivity index (χ1) is 40.0. The van der Waals surface area contributed by atoms with Crippen LogP contribution in [0.25, 0.3) is 0 Å². The van der Waals surface area contributed by atoms with Crippen molar-refractivity contribution in [1.29, 1.82) is 0 Å². The van der Waals surface area contributed by atoms with Gasteiger partial charge in [0, 0.05) is 19.3 Å². The maximum absolute atomic E-state index is 12.9. The minimum Gasteiger partial charge on any atom is -0.462 e. The molecule has 6 heteroatoms. The van der Waals surface area contributed by atoms with Gasteiger partial charge in [-0.3, -0.25) is 14.4 Å². The summed E-state index contributed by atoms with van der Waals surface area (Å²) in [7, 11) is 0. The lowest BCUT2D eigenvalue weighted by Crippen LogP contribution is -2.30. The van der Waals surface area contributed by atoms with Crippen molar-refractivity contribution in [2.45, 2.75) is 284 Å². The molecule has 0 radical (unpaired) electrons. The van der Waals surface area contributed by atoms with Crippen molar-refractivity contribution >= 4 is 17.9 Å². The highest BCUT2D eigenvalue weighted by Crippen LogP contribution is 2.15. The van der Waals surface area contributed by atoms with E-state index in [-0.39, 0.29) is 31.1 Å². The van der Waals surface area contributed by atoms with Gasteiger partial charge in [-0.2, -0.15) is 0 Å². The molecule has 0 aliphatic rings. The van der Waals surface area contributed by atoms with Gasteiger partial charge in [0.05, 0.1) is 0 Å². The molecule has 0 aromatic heterocycles. The number of esters is 3. The Hall–Kier alpha value is -4.97. The quantitative estimate of drug-likeness (QED) is 0.0261. The number of carbonyl (C=O) groups excluding carboxylic acids is 3. The van der Waals surface area contributed by atoms with Gasteiger partial charge in [-0.25, -0.2) is 0 Å². The highest BCUT2D eigenvalue weighted by atomic mass is 16.6. The topological polar surface area (TPSA) is 78.9 Å². The van der Waals surface area contributed by atoms with Crippen molar-refractivity contribution < 1.29 is 28.6 Å². The molecule has 81 heavy (non-hydrogen) atoms. The Morgan fingerprint density at radius 3 is 0.691 bits per heavy atom. The Morgan fingerprint density at radius 2 is 0.444 bits per heavy atom. The van der Waals surface area contributed by atoms with Crippen molar-refractivity contribution in [3.8, 4) is 0 Å². The summed E-state index contributed by atoms with van der Waals surface area (Å²) in [6.07, 6.45) is 98.1. The van der Waals surface area contributed by atoms with Crippen molar-refractivity contribution in [1.82, 2.24) is 0 Å². The summed E-state index contributed by atoms with van der Waals surface area (Å²) >= 11 is 0. The molecule has 0 amide bonds. The summed E-state index contributed by atoms with van der Waals surface area (Å²) in [4.78, 5) is 38.4. The smallest absolute Gasteiger partial charge is 0.306 e. The second-order valence-corrected chi connectivity index (χ2v) is 21.2. The van der Waals surface area contributed by atoms with Crippen LogP contribution in [0.3, 0.4) is 0 Å². The Labute approximate surface area is 499 Å². The molecule has 0 fully saturated rings. The molecule has 456 valence electrons. The molecule has 0 heterocycles. The summed E-state index contributed by atoms with van der Waals surface area (Å²) in [5.41, 5.74) is 0. The fourth-order valence-electron chi connectivity index (χ4n) is 8.69. The van der Waals surface area contributed by atoms with Crippen molar-refractivity contribution in [3.63, 3.8) is 0 Å². The van der Waals surface area contributed by atoms with Gasteiger partial charge in [-0.1, -0.05) is 275 Å². The summed E-state index contributed by atoms with van der Waals surface area (Å²) in [6.45, 7) is 6.28. The van der Waals surface area contributed by atoms with Gasteiger partial charge >= 0.3 is 17.9 Å². The molecule has 1 atom stereocenters. The molecule has 0 N–H and O–H groups in total. The fourth-order valence-corrected chi connectivity index (χ4v) is 8.69. The van der Waals surface area contributed by atoms with Crippen LogP contribution < -0.4 is 0 Å². The van der Waals surface area contributed by atoms with Crippen LogP contribution in [-0.4, -0.2) is 37.2 Å². The lowest BCUT2D eigenvalue weighted by atomic mass is 10.1. The van der Waals surface area contributed by atoms with Crippen LogP contribution in [0.4, 0.5) is 0 Å². The largest absolute Gasteiger partial charge is 0.462 e. The number of unbranched alkanes of at least 4 members (excludes halogenated alkanes) is 21. The van der Waals surface area contributed by atoms with Gasteiger partial charge in [0.1, 0.15) is 13.2 Å². The van der Waals surface area contributed by atoms with Gasteiger partial charge < -0.3 is 14.2 Å². The van der Waals surface area contributed by atoms with E-state index in [2.05, 4.69) is 179 Å². The predicted octanol–water partition coefficient (Wildman–Crippen LogP) is 22.9. The predicted molar refractivity (Wildman–Crippen MR) is 352 cm³/mol. The monoisotopic (exact) mass is 1120 g/mol. The van der Waals surface area contributed by atoms with E-state index in [0.717, 1.165) is 167 Å². The molecule has 6 nitrogen and oxygen atoms in total. The van der Waals surface area contributed by atoms with Crippen LogP contribution in [0.5, 0.6) is 0 Å². The zero-order chi connectivity index (χ0) is 58.5. The highest BCUT2D eigenvalue weighted by Gasteiger charge is 2.19. The third-order valence-electron chi connectivity index (χ3n) is 13.5. The zero-order valence-electron chi connectivity index (χ0n) is 52.2. The van der Waals surface area contributed by atoms with Gasteiger partial charge in [0.25, 0.3) is 0 Å². The summed E-state index contributed by atoms with van der Waals surface area (Å²) < 4.78 is 16.9. The third kappa shape index (κ3) is 65.7. The number of hydrogen-bond donors (Lipinski definition) is 0. The van der Waals surface area contributed by atoms with E-state index in [0.29, 0.717) is 19.3 Å². The van der Waals surface area contributed by atoms with E-state index in [1.807, 2.05) is 0 Å². The van der Waals surface area contributed by atoms with Crippen LogP contribution in [0.15, 0.2) is 158 Å². The number of rotatable bonds is 58. The van der Waals surface area contributed by atoms with Gasteiger partial charge in [-0.05, 0) is 141 Å². The zero-order valence-corrected chi connectivity index (χ0v) is 52.2. The summed E-state index contributed by atoms with van der Waals surface area (Å²) in [5.74, 6) is -0.936. The molecule has 1 unspecified atom stereocenters. The minimum atomic E-state index is -0.805. The van der Waals surface area contributed by atoms with Gasteiger partial charge in [0.15, 0.2) is 6.10 Å². The first kappa shape index (κ1) is 76.0. The van der Waals surface area contributed by atoms with Gasteiger partial charge in [-0.15, -0.1) is 0 Å². The molecule has 0 saturated carbocycles. The second kappa shape index (κ2) is 67.5. The lowest BCUT2D eigenvalue weighted by molar-refractivity contribution is -0.167. The Bertz CT molecular complexity index is 1810. The number of ether oxygens (including phenoxy) is 3. The van der Waals surface area contributed by atoms with Crippen molar-refractivity contribution in [2.24, 2.45) is 0 Å². The normalized spacial score (nSPS) is 13.2. The van der Waals surface area contributed by atoms with Crippen LogP contribution in [0.2, 0.25) is 0 Å². The first-order valence-corrected chi connectivity index (χ1v) is 33.0. The standard InChI is InChI=1S/C75H120O6/c1-4-7-10-13-16-19-22-25-28-31-33-35-36-37-38-40-41-44-47-50-53-56-59-62-65-68-74(77)80-71-72(70-79-73(76)67-64-61-58-55-52-49-46-43-30-27-24-21-18-15-12-9-6-3)81-75(78)69-66-63-60-57-54-51-48-45-42-39-34-32-29-26-23-20-17-14-11-8-5-2/h7-12,16-21,25-30,33-35,37-39,46,49,72H,4-6,13-15,22-24,31-32,36,40-45,47-48,50-71H2,1-3H3/b10-7-,11-8-,12-9-,19-16-,20-17-,21-18-,28-25-,29-26-,30-27-,35-33-,38-37-,39-34-,49-46-. The molecular formula is C75H120O6. The Kier molecular flexibility index (Phi) is 63.4.